The lowest BCUT2D eigenvalue weighted by Crippen LogP contribution is -2.20. The summed E-state index contributed by atoms with van der Waals surface area (Å²) in [6, 6.07) is 5.48. The monoisotopic (exact) mass is 381 g/mol. The predicted octanol–water partition coefficient (Wildman–Crippen LogP) is 4.70. The Morgan fingerprint density at radius 3 is 2.81 bits per heavy atom. The number of nitrogens with one attached hydrogen (secondary N) is 1. The third kappa shape index (κ3) is 5.00. The highest BCUT2D eigenvalue weighted by molar-refractivity contribution is 8.00. The van der Waals surface area contributed by atoms with E-state index in [1.54, 1.807) is 13.0 Å². The first kappa shape index (κ1) is 16.8. The van der Waals surface area contributed by atoms with Gasteiger partial charge in [-0.2, -0.15) is 0 Å². The number of amides is 1. The highest BCUT2D eigenvalue weighted by Crippen LogP contribution is 2.30. The second-order valence-corrected chi connectivity index (χ2v) is 7.68. The van der Waals surface area contributed by atoms with Gasteiger partial charge < -0.3 is 0 Å². The van der Waals surface area contributed by atoms with Gasteiger partial charge >= 0.3 is 0 Å². The Morgan fingerprint density at radius 1 is 1.38 bits per heavy atom. The first-order valence-electron chi connectivity index (χ1n) is 5.81. The molecular weight excluding hydrogens is 373 g/mol. The van der Waals surface area contributed by atoms with Crippen LogP contribution in [0.1, 0.15) is 12.5 Å². The first-order chi connectivity index (χ1) is 9.95. The van der Waals surface area contributed by atoms with Gasteiger partial charge in [0.1, 0.15) is 5.38 Å². The minimum atomic E-state index is -0.610. The van der Waals surface area contributed by atoms with Crippen molar-refractivity contribution in [3.8, 4) is 0 Å². The van der Waals surface area contributed by atoms with E-state index in [0.717, 1.165) is 9.90 Å². The number of hydrogen-bond acceptors (Lipinski definition) is 5. The van der Waals surface area contributed by atoms with Gasteiger partial charge in [-0.25, -0.2) is 0 Å². The van der Waals surface area contributed by atoms with E-state index < -0.39 is 5.38 Å². The minimum Gasteiger partial charge on any atom is -0.299 e. The van der Waals surface area contributed by atoms with Crippen LogP contribution >= 0.6 is 57.9 Å². The number of anilines is 1. The Bertz CT molecular complexity index is 648. The summed E-state index contributed by atoms with van der Waals surface area (Å²) in [5.41, 5.74) is 1.03. The number of carbonyl (C=O) groups excluding carboxylic acids is 1. The molecule has 0 saturated carbocycles. The maximum atomic E-state index is 11.4. The van der Waals surface area contributed by atoms with Crippen molar-refractivity contribution in [1.29, 1.82) is 0 Å². The molecule has 2 rings (SSSR count). The summed E-state index contributed by atoms with van der Waals surface area (Å²) in [7, 11) is 0. The molecule has 0 radical (unpaired) electrons. The lowest BCUT2D eigenvalue weighted by atomic mass is 10.2. The molecule has 1 heterocycles. The zero-order chi connectivity index (χ0) is 15.4. The highest BCUT2D eigenvalue weighted by Gasteiger charge is 2.12. The number of carbonyl (C=O) groups is 1. The van der Waals surface area contributed by atoms with Crippen molar-refractivity contribution in [2.75, 3.05) is 5.32 Å². The predicted molar refractivity (Wildman–Crippen MR) is 89.9 cm³/mol. The smallest absolute Gasteiger partial charge is 0.243 e. The third-order valence-electron chi connectivity index (χ3n) is 2.34. The molecule has 0 aliphatic carbocycles. The van der Waals surface area contributed by atoms with Crippen LogP contribution in [0.2, 0.25) is 10.0 Å². The number of benzene rings is 1. The Labute approximate surface area is 145 Å². The molecule has 1 amide bonds. The average Bonchev–Trinajstić information content (AvgIpc) is 2.87. The molecule has 0 aliphatic heterocycles. The maximum absolute atomic E-state index is 11.4. The van der Waals surface area contributed by atoms with E-state index in [-0.39, 0.29) is 5.91 Å². The van der Waals surface area contributed by atoms with E-state index in [2.05, 4.69) is 15.5 Å². The van der Waals surface area contributed by atoms with E-state index in [1.165, 1.54) is 23.1 Å². The zero-order valence-electron chi connectivity index (χ0n) is 10.8. The quantitative estimate of drug-likeness (QED) is 0.462. The van der Waals surface area contributed by atoms with E-state index in [0.29, 0.717) is 20.9 Å². The van der Waals surface area contributed by atoms with Gasteiger partial charge in [0.25, 0.3) is 0 Å². The molecule has 1 atom stereocenters. The van der Waals surface area contributed by atoms with Crippen molar-refractivity contribution in [3.05, 3.63) is 33.8 Å². The van der Waals surface area contributed by atoms with Gasteiger partial charge in [-0.3, -0.25) is 10.1 Å². The molecule has 0 fully saturated rings. The van der Waals surface area contributed by atoms with Crippen LogP contribution in [-0.4, -0.2) is 21.5 Å². The molecule has 0 saturated heterocycles. The number of nitrogens with zero attached hydrogens (tertiary/aromatic N) is 2. The van der Waals surface area contributed by atoms with Gasteiger partial charge in [-0.05, 0) is 24.6 Å². The fourth-order valence-electron chi connectivity index (χ4n) is 1.30. The van der Waals surface area contributed by atoms with Crippen LogP contribution < -0.4 is 5.32 Å². The van der Waals surface area contributed by atoms with Crippen LogP contribution in [0.3, 0.4) is 0 Å². The first-order valence-corrected chi connectivity index (χ1v) is 8.80. The van der Waals surface area contributed by atoms with Crippen LogP contribution in [0.25, 0.3) is 0 Å². The number of thioether (sulfide) groups is 1. The van der Waals surface area contributed by atoms with Gasteiger partial charge in [0, 0.05) is 5.75 Å². The summed E-state index contributed by atoms with van der Waals surface area (Å²) < 4.78 is 0.749. The molecule has 112 valence electrons. The lowest BCUT2D eigenvalue weighted by molar-refractivity contribution is -0.115. The van der Waals surface area contributed by atoms with E-state index in [4.69, 9.17) is 34.8 Å². The summed E-state index contributed by atoms with van der Waals surface area (Å²) in [4.78, 5) is 11.4. The molecule has 4 nitrogen and oxygen atoms in total. The van der Waals surface area contributed by atoms with Crippen LogP contribution in [-0.2, 0) is 10.5 Å². The van der Waals surface area contributed by atoms with Crippen LogP contribution in [0.4, 0.5) is 5.13 Å². The summed E-state index contributed by atoms with van der Waals surface area (Å²) in [6.07, 6.45) is 0. The summed E-state index contributed by atoms with van der Waals surface area (Å²) in [5, 5.41) is 11.4. The largest absolute Gasteiger partial charge is 0.299 e. The van der Waals surface area contributed by atoms with Crippen molar-refractivity contribution in [1.82, 2.24) is 10.2 Å². The van der Waals surface area contributed by atoms with Crippen LogP contribution in [0.5, 0.6) is 0 Å². The molecule has 0 spiro atoms. The number of aromatic nitrogens is 2. The second-order valence-electron chi connectivity index (χ2n) is 4.02. The summed E-state index contributed by atoms with van der Waals surface area (Å²) in [5.74, 6) is 0.389. The van der Waals surface area contributed by atoms with Crippen molar-refractivity contribution < 1.29 is 4.79 Å². The van der Waals surface area contributed by atoms with Gasteiger partial charge in [0.05, 0.1) is 10.0 Å². The average molecular weight is 383 g/mol. The van der Waals surface area contributed by atoms with Crippen molar-refractivity contribution in [2.24, 2.45) is 0 Å². The topological polar surface area (TPSA) is 54.9 Å². The van der Waals surface area contributed by atoms with Gasteiger partial charge in [-0.15, -0.1) is 21.8 Å². The molecule has 0 aliphatic rings. The summed E-state index contributed by atoms with van der Waals surface area (Å²) >= 11 is 20.3. The van der Waals surface area contributed by atoms with Gasteiger partial charge in [0.2, 0.25) is 11.0 Å². The zero-order valence-corrected chi connectivity index (χ0v) is 14.7. The molecule has 2 aromatic rings. The van der Waals surface area contributed by atoms with E-state index in [1.807, 2.05) is 12.1 Å². The fourth-order valence-corrected chi connectivity index (χ4v) is 3.37. The molecule has 1 aromatic heterocycles. The van der Waals surface area contributed by atoms with Gasteiger partial charge in [0.15, 0.2) is 4.34 Å². The molecule has 9 heteroatoms. The van der Waals surface area contributed by atoms with Crippen LogP contribution in [0, 0.1) is 0 Å². The molecule has 1 aromatic carbocycles. The molecule has 1 unspecified atom stereocenters. The SMILES string of the molecule is CC(Cl)C(=O)Nc1nnc(SCc2ccc(Cl)c(Cl)c2)s1. The van der Waals surface area contributed by atoms with Crippen LogP contribution in [0.15, 0.2) is 22.5 Å². The van der Waals surface area contributed by atoms with Crippen molar-refractivity contribution >= 4 is 68.9 Å². The molecule has 0 bridgehead atoms. The highest BCUT2D eigenvalue weighted by atomic mass is 35.5. The molecule has 1 N–H and O–H groups in total. The summed E-state index contributed by atoms with van der Waals surface area (Å²) in [6.45, 7) is 1.60. The number of alkyl halides is 1. The second kappa shape index (κ2) is 7.65. The fraction of sp³-hybridized carbons (Fsp3) is 0.250. The van der Waals surface area contributed by atoms with Crippen molar-refractivity contribution in [3.63, 3.8) is 0 Å². The minimum absolute atomic E-state index is 0.297. The third-order valence-corrected chi connectivity index (χ3v) is 5.32. The van der Waals surface area contributed by atoms with E-state index in [9.17, 15) is 4.79 Å². The normalized spacial score (nSPS) is 12.2. The Kier molecular flexibility index (Phi) is 6.13. The Hall–Kier alpha value is -0.530. The molecular formula is C12H10Cl3N3OS2. The van der Waals surface area contributed by atoms with Crippen molar-refractivity contribution in [2.45, 2.75) is 22.4 Å². The Balaban J connectivity index is 1.93. The maximum Gasteiger partial charge on any atom is 0.243 e. The Morgan fingerprint density at radius 2 is 2.14 bits per heavy atom. The lowest BCUT2D eigenvalue weighted by Gasteiger charge is -2.01. The van der Waals surface area contributed by atoms with Gasteiger partial charge in [-0.1, -0.05) is 52.4 Å². The number of rotatable bonds is 5. The number of hydrogen-bond donors (Lipinski definition) is 1. The van der Waals surface area contributed by atoms with E-state index >= 15 is 0 Å². The standard InChI is InChI=1S/C12H10Cl3N3OS2/c1-6(13)10(19)16-11-17-18-12(21-11)20-5-7-2-3-8(14)9(15)4-7/h2-4,6H,5H2,1H3,(H,16,17,19). The number of halogens is 3. The molecule has 21 heavy (non-hydrogen) atoms.